The predicted molar refractivity (Wildman–Crippen MR) is 65.5 cm³/mol. The second-order valence-electron chi connectivity index (χ2n) is 4.77. The number of nitrogens with zero attached hydrogens (tertiary/aromatic N) is 1. The van der Waals surface area contributed by atoms with Crippen molar-refractivity contribution in [2.24, 2.45) is 0 Å². The first kappa shape index (κ1) is 17.0. The number of phosphoric acid groups is 1. The zero-order valence-corrected chi connectivity index (χ0v) is 12.1. The molecule has 0 bridgehead atoms. The summed E-state index contributed by atoms with van der Waals surface area (Å²) in [5.41, 5.74) is -1.34. The summed E-state index contributed by atoms with van der Waals surface area (Å²) in [5, 5.41) is 19.7. The molecule has 1 aliphatic heterocycles. The SMILES string of the molecule is Cc1cn(C2OC(COP(=O)([O-])[O-])C(O)C2O)c(=O)[nH]c1=O. The van der Waals surface area contributed by atoms with E-state index in [2.05, 4.69) is 4.52 Å². The minimum absolute atomic E-state index is 0.160. The van der Waals surface area contributed by atoms with Crippen molar-refractivity contribution in [3.05, 3.63) is 32.6 Å². The van der Waals surface area contributed by atoms with Crippen LogP contribution in [0.5, 0.6) is 0 Å². The van der Waals surface area contributed by atoms with Crippen molar-refractivity contribution < 1.29 is 33.8 Å². The summed E-state index contributed by atoms with van der Waals surface area (Å²) < 4.78 is 20.4. The summed E-state index contributed by atoms with van der Waals surface area (Å²) >= 11 is 0. The van der Waals surface area contributed by atoms with Crippen LogP contribution >= 0.6 is 7.82 Å². The molecule has 0 saturated carbocycles. The highest BCUT2D eigenvalue weighted by Gasteiger charge is 2.44. The van der Waals surface area contributed by atoms with E-state index in [1.807, 2.05) is 4.98 Å². The molecule has 1 aromatic rings. The number of rotatable bonds is 4. The van der Waals surface area contributed by atoms with Gasteiger partial charge in [-0.15, -0.1) is 0 Å². The monoisotopic (exact) mass is 336 g/mol. The number of aromatic amines is 1. The van der Waals surface area contributed by atoms with Gasteiger partial charge >= 0.3 is 5.69 Å². The molecular formula is C10H13N2O9P-2. The molecule has 4 unspecified atom stereocenters. The Bertz CT molecular complexity index is 707. The molecule has 0 radical (unpaired) electrons. The van der Waals surface area contributed by atoms with Gasteiger partial charge in [0.15, 0.2) is 6.23 Å². The number of ether oxygens (including phenoxy) is 1. The fraction of sp³-hybridized carbons (Fsp3) is 0.600. The van der Waals surface area contributed by atoms with Gasteiger partial charge in [0.1, 0.15) is 18.3 Å². The molecule has 1 aromatic heterocycles. The molecule has 11 nitrogen and oxygen atoms in total. The molecule has 0 aliphatic carbocycles. The lowest BCUT2D eigenvalue weighted by atomic mass is 10.1. The van der Waals surface area contributed by atoms with Crippen molar-refractivity contribution in [2.45, 2.75) is 31.5 Å². The van der Waals surface area contributed by atoms with E-state index in [1.165, 1.54) is 6.92 Å². The quantitative estimate of drug-likeness (QED) is 0.467. The van der Waals surface area contributed by atoms with Crippen molar-refractivity contribution in [1.82, 2.24) is 9.55 Å². The first-order valence-electron chi connectivity index (χ1n) is 6.10. The zero-order valence-electron chi connectivity index (χ0n) is 11.2. The molecule has 0 spiro atoms. The number of phosphoric ester groups is 1. The number of nitrogens with one attached hydrogen (secondary N) is 1. The van der Waals surface area contributed by atoms with Gasteiger partial charge in [0.05, 0.1) is 14.4 Å². The van der Waals surface area contributed by atoms with Crippen LogP contribution in [0, 0.1) is 6.92 Å². The summed E-state index contributed by atoms with van der Waals surface area (Å²) in [6.07, 6.45) is -4.76. The predicted octanol–water partition coefficient (Wildman–Crippen LogP) is -3.69. The molecule has 1 saturated heterocycles. The Kier molecular flexibility index (Phi) is 4.68. The van der Waals surface area contributed by atoms with Gasteiger partial charge < -0.3 is 33.8 Å². The van der Waals surface area contributed by atoms with E-state index in [0.717, 1.165) is 10.8 Å². The Morgan fingerprint density at radius 1 is 1.41 bits per heavy atom. The van der Waals surface area contributed by atoms with Crippen LogP contribution in [0.25, 0.3) is 0 Å². The van der Waals surface area contributed by atoms with E-state index >= 15 is 0 Å². The summed E-state index contributed by atoms with van der Waals surface area (Å²) in [4.78, 5) is 45.8. The van der Waals surface area contributed by atoms with Crippen molar-refractivity contribution in [1.29, 1.82) is 0 Å². The fourth-order valence-corrected chi connectivity index (χ4v) is 2.37. The van der Waals surface area contributed by atoms with Gasteiger partial charge in [0.25, 0.3) is 5.56 Å². The molecule has 2 rings (SSSR count). The molecule has 22 heavy (non-hydrogen) atoms. The third-order valence-electron chi connectivity index (χ3n) is 3.15. The van der Waals surface area contributed by atoms with Crippen LogP contribution in [0.2, 0.25) is 0 Å². The van der Waals surface area contributed by atoms with Gasteiger partial charge in [0.2, 0.25) is 0 Å². The second kappa shape index (κ2) is 6.05. The van der Waals surface area contributed by atoms with Crippen LogP contribution in [0.15, 0.2) is 15.8 Å². The second-order valence-corrected chi connectivity index (χ2v) is 5.92. The number of aliphatic hydroxyl groups is 2. The third-order valence-corrected chi connectivity index (χ3v) is 3.62. The third kappa shape index (κ3) is 3.52. The summed E-state index contributed by atoms with van der Waals surface area (Å²) in [5.74, 6) is 0. The highest BCUT2D eigenvalue weighted by Crippen LogP contribution is 2.32. The van der Waals surface area contributed by atoms with Crippen LogP contribution in [-0.4, -0.2) is 44.7 Å². The molecule has 1 fully saturated rings. The minimum atomic E-state index is -5.27. The Hall–Kier alpha value is -1.33. The lowest BCUT2D eigenvalue weighted by molar-refractivity contribution is -0.343. The number of aryl methyl sites for hydroxylation is 1. The van der Waals surface area contributed by atoms with Gasteiger partial charge in [-0.1, -0.05) is 0 Å². The molecule has 0 amide bonds. The van der Waals surface area contributed by atoms with Crippen molar-refractivity contribution in [3.63, 3.8) is 0 Å². The van der Waals surface area contributed by atoms with Crippen LogP contribution in [0.3, 0.4) is 0 Å². The molecule has 124 valence electrons. The topological polar surface area (TPSA) is 177 Å². The van der Waals surface area contributed by atoms with E-state index in [-0.39, 0.29) is 5.56 Å². The van der Waals surface area contributed by atoms with Crippen LogP contribution in [-0.2, 0) is 13.8 Å². The maximum absolute atomic E-state index is 11.7. The normalized spacial score (nSPS) is 29.0. The van der Waals surface area contributed by atoms with E-state index < -0.39 is 50.2 Å². The van der Waals surface area contributed by atoms with E-state index in [1.54, 1.807) is 0 Å². The highest BCUT2D eigenvalue weighted by atomic mass is 31.2. The molecule has 3 N–H and O–H groups in total. The zero-order chi connectivity index (χ0) is 16.7. The number of hydrogen-bond acceptors (Lipinski definition) is 9. The standard InChI is InChI=1S/C10H15N2O9P/c1-4-2-12(10(16)11-8(4)15)9-7(14)6(13)5(21-9)3-20-22(17,18)19/h2,5-7,9,13-14H,3H2,1H3,(H,11,15,16)(H2,17,18,19)/p-2. The van der Waals surface area contributed by atoms with E-state index in [4.69, 9.17) is 4.74 Å². The molecule has 2 heterocycles. The average molecular weight is 336 g/mol. The van der Waals surface area contributed by atoms with Gasteiger partial charge in [-0.2, -0.15) is 0 Å². The Balaban J connectivity index is 2.23. The van der Waals surface area contributed by atoms with Gasteiger partial charge in [-0.05, 0) is 6.92 Å². The fourth-order valence-electron chi connectivity index (χ4n) is 2.04. The van der Waals surface area contributed by atoms with Gasteiger partial charge in [-0.3, -0.25) is 14.3 Å². The van der Waals surface area contributed by atoms with Crippen LogP contribution in [0.4, 0.5) is 0 Å². The molecule has 0 aromatic carbocycles. The van der Waals surface area contributed by atoms with Gasteiger partial charge in [-0.25, -0.2) is 4.79 Å². The van der Waals surface area contributed by atoms with Crippen molar-refractivity contribution in [3.8, 4) is 0 Å². The number of hydrogen-bond donors (Lipinski definition) is 3. The highest BCUT2D eigenvalue weighted by molar-refractivity contribution is 7.43. The lowest BCUT2D eigenvalue weighted by Gasteiger charge is -2.30. The largest absolute Gasteiger partial charge is 0.790 e. The first-order valence-corrected chi connectivity index (χ1v) is 7.56. The summed E-state index contributed by atoms with van der Waals surface area (Å²) in [6.45, 7) is 0.605. The molecule has 4 atom stereocenters. The molecule has 12 heteroatoms. The molecule has 1 aliphatic rings. The van der Waals surface area contributed by atoms with Crippen LogP contribution in [0.1, 0.15) is 11.8 Å². The van der Waals surface area contributed by atoms with Crippen molar-refractivity contribution >= 4 is 7.82 Å². The minimum Gasteiger partial charge on any atom is -0.790 e. The Morgan fingerprint density at radius 3 is 2.64 bits per heavy atom. The lowest BCUT2D eigenvalue weighted by Crippen LogP contribution is -2.38. The van der Waals surface area contributed by atoms with Crippen molar-refractivity contribution in [2.75, 3.05) is 6.61 Å². The number of aliphatic hydroxyl groups excluding tert-OH is 2. The van der Waals surface area contributed by atoms with E-state index in [9.17, 15) is 34.2 Å². The number of H-pyrrole nitrogens is 1. The molecular weight excluding hydrogens is 323 g/mol. The summed E-state index contributed by atoms with van der Waals surface area (Å²) in [7, 11) is -5.27. The van der Waals surface area contributed by atoms with Gasteiger partial charge in [0, 0.05) is 11.8 Å². The maximum atomic E-state index is 11.7. The van der Waals surface area contributed by atoms with E-state index in [0.29, 0.717) is 0 Å². The summed E-state index contributed by atoms with van der Waals surface area (Å²) in [6, 6.07) is 0. The first-order chi connectivity index (χ1) is 10.1. The maximum Gasteiger partial charge on any atom is 0.330 e. The van der Waals surface area contributed by atoms with Crippen LogP contribution < -0.4 is 21.0 Å². The Morgan fingerprint density at radius 2 is 2.05 bits per heavy atom. The number of aromatic nitrogens is 2. The smallest absolute Gasteiger partial charge is 0.330 e. The average Bonchev–Trinajstić information content (AvgIpc) is 2.68. The Labute approximate surface area is 123 Å².